The molecule has 0 aliphatic carbocycles. The van der Waals surface area contributed by atoms with Crippen molar-refractivity contribution in [2.24, 2.45) is 0 Å². The number of hydrogen-bond acceptors (Lipinski definition) is 2. The van der Waals surface area contributed by atoms with E-state index in [0.29, 0.717) is 5.56 Å². The minimum atomic E-state index is -0.347. The Labute approximate surface area is 107 Å². The highest BCUT2D eigenvalue weighted by Gasteiger charge is 2.37. The van der Waals surface area contributed by atoms with E-state index in [1.165, 1.54) is 6.07 Å². The van der Waals surface area contributed by atoms with E-state index in [4.69, 9.17) is 0 Å². The van der Waals surface area contributed by atoms with Gasteiger partial charge < -0.3 is 4.90 Å². The number of nitrogens with zero attached hydrogens (tertiary/aromatic N) is 1. The summed E-state index contributed by atoms with van der Waals surface area (Å²) in [6.07, 6.45) is 2.52. The molecule has 1 heterocycles. The first-order valence-corrected chi connectivity index (χ1v) is 6.42. The van der Waals surface area contributed by atoms with Crippen LogP contribution in [0.3, 0.4) is 0 Å². The number of rotatable bonds is 4. The first-order chi connectivity index (χ1) is 8.65. The van der Waals surface area contributed by atoms with Crippen molar-refractivity contribution in [3.8, 4) is 0 Å². The molecule has 0 saturated carbocycles. The van der Waals surface area contributed by atoms with Gasteiger partial charge in [0.05, 0.1) is 6.04 Å². The first kappa shape index (κ1) is 13.0. The van der Waals surface area contributed by atoms with E-state index in [0.717, 1.165) is 19.3 Å². The largest absolute Gasteiger partial charge is 0.325 e. The van der Waals surface area contributed by atoms with Crippen molar-refractivity contribution in [1.82, 2.24) is 10.2 Å². The van der Waals surface area contributed by atoms with Crippen LogP contribution in [0.4, 0.5) is 4.39 Å². The molecule has 1 aromatic rings. The van der Waals surface area contributed by atoms with Gasteiger partial charge >= 0.3 is 0 Å². The second kappa shape index (κ2) is 5.48. The van der Waals surface area contributed by atoms with Gasteiger partial charge in [-0.15, -0.1) is 0 Å². The van der Waals surface area contributed by atoms with Crippen LogP contribution in [0.5, 0.6) is 0 Å². The second-order valence-electron chi connectivity index (χ2n) is 4.73. The summed E-state index contributed by atoms with van der Waals surface area (Å²) in [5.41, 5.74) is 0.535. The Kier molecular flexibility index (Phi) is 3.97. The van der Waals surface area contributed by atoms with Crippen molar-refractivity contribution in [3.05, 3.63) is 35.6 Å². The highest BCUT2D eigenvalue weighted by molar-refractivity contribution is 5.84. The van der Waals surface area contributed by atoms with Crippen LogP contribution in [0.25, 0.3) is 0 Å². The molecule has 18 heavy (non-hydrogen) atoms. The van der Waals surface area contributed by atoms with E-state index in [1.54, 1.807) is 30.1 Å². The Morgan fingerprint density at radius 2 is 2.11 bits per heavy atom. The fraction of sp³-hybridized carbons (Fsp3) is 0.500. The van der Waals surface area contributed by atoms with Crippen LogP contribution in [0, 0.1) is 5.82 Å². The SMILES string of the molecule is CCCCC1NC(c2ccccc2F)N(C)C1=O. The summed E-state index contributed by atoms with van der Waals surface area (Å²) in [7, 11) is 1.72. The maximum absolute atomic E-state index is 13.7. The molecule has 2 atom stereocenters. The van der Waals surface area contributed by atoms with Crippen LogP contribution < -0.4 is 5.32 Å². The molecule has 0 bridgehead atoms. The zero-order valence-electron chi connectivity index (χ0n) is 10.8. The Morgan fingerprint density at radius 3 is 2.78 bits per heavy atom. The number of benzene rings is 1. The van der Waals surface area contributed by atoms with Gasteiger partial charge in [-0.3, -0.25) is 10.1 Å². The molecular weight excluding hydrogens is 231 g/mol. The molecule has 4 heteroatoms. The molecule has 3 nitrogen and oxygen atoms in total. The normalized spacial score (nSPS) is 23.7. The Bertz CT molecular complexity index is 436. The van der Waals surface area contributed by atoms with Crippen LogP contribution >= 0.6 is 0 Å². The Morgan fingerprint density at radius 1 is 1.39 bits per heavy atom. The van der Waals surface area contributed by atoms with Crippen molar-refractivity contribution >= 4 is 5.91 Å². The molecule has 1 fully saturated rings. The molecule has 1 N–H and O–H groups in total. The van der Waals surface area contributed by atoms with E-state index in [-0.39, 0.29) is 23.9 Å². The van der Waals surface area contributed by atoms with Gasteiger partial charge in [-0.05, 0) is 12.5 Å². The fourth-order valence-corrected chi connectivity index (χ4v) is 2.36. The molecule has 2 rings (SSSR count). The van der Waals surface area contributed by atoms with Gasteiger partial charge in [0.2, 0.25) is 5.91 Å². The molecule has 0 spiro atoms. The van der Waals surface area contributed by atoms with Crippen molar-refractivity contribution in [3.63, 3.8) is 0 Å². The van der Waals surface area contributed by atoms with Gasteiger partial charge in [-0.1, -0.05) is 38.0 Å². The Balaban J connectivity index is 2.16. The monoisotopic (exact) mass is 250 g/mol. The number of halogens is 1. The molecule has 1 aromatic carbocycles. The van der Waals surface area contributed by atoms with Gasteiger partial charge in [-0.25, -0.2) is 4.39 Å². The maximum Gasteiger partial charge on any atom is 0.241 e. The zero-order chi connectivity index (χ0) is 13.1. The highest BCUT2D eigenvalue weighted by atomic mass is 19.1. The summed E-state index contributed by atoms with van der Waals surface area (Å²) in [5.74, 6) is -0.220. The lowest BCUT2D eigenvalue weighted by Gasteiger charge is -2.20. The summed E-state index contributed by atoms with van der Waals surface area (Å²) in [4.78, 5) is 13.6. The lowest BCUT2D eigenvalue weighted by molar-refractivity contribution is -0.128. The van der Waals surface area contributed by atoms with Crippen molar-refractivity contribution < 1.29 is 9.18 Å². The maximum atomic E-state index is 13.7. The molecule has 1 aliphatic rings. The molecule has 0 aromatic heterocycles. The molecule has 1 amide bonds. The van der Waals surface area contributed by atoms with Gasteiger partial charge in [0.15, 0.2) is 0 Å². The summed E-state index contributed by atoms with van der Waals surface area (Å²) < 4.78 is 13.7. The smallest absolute Gasteiger partial charge is 0.241 e. The lowest BCUT2D eigenvalue weighted by atomic mass is 10.1. The van der Waals surface area contributed by atoms with E-state index in [2.05, 4.69) is 12.2 Å². The highest BCUT2D eigenvalue weighted by Crippen LogP contribution is 2.27. The average Bonchev–Trinajstić information content (AvgIpc) is 2.65. The standard InChI is InChI=1S/C14H19FN2O/c1-3-4-9-12-14(18)17(2)13(16-12)10-7-5-6-8-11(10)15/h5-8,12-13,16H,3-4,9H2,1-2H3. The minimum Gasteiger partial charge on any atom is -0.325 e. The van der Waals surface area contributed by atoms with Gasteiger partial charge in [0, 0.05) is 12.6 Å². The third-order valence-electron chi connectivity index (χ3n) is 3.44. The molecule has 2 unspecified atom stereocenters. The van der Waals surface area contributed by atoms with Gasteiger partial charge in [-0.2, -0.15) is 0 Å². The predicted molar refractivity (Wildman–Crippen MR) is 68.4 cm³/mol. The second-order valence-corrected chi connectivity index (χ2v) is 4.73. The van der Waals surface area contributed by atoms with Crippen LogP contribution in [0.2, 0.25) is 0 Å². The molecular formula is C14H19FN2O. The number of amides is 1. The molecule has 1 saturated heterocycles. The van der Waals surface area contributed by atoms with Crippen LogP contribution in [-0.2, 0) is 4.79 Å². The minimum absolute atomic E-state index is 0.0525. The molecule has 98 valence electrons. The number of nitrogens with one attached hydrogen (secondary N) is 1. The van der Waals surface area contributed by atoms with Crippen molar-refractivity contribution in [1.29, 1.82) is 0 Å². The van der Waals surface area contributed by atoms with Gasteiger partial charge in [0.25, 0.3) is 0 Å². The first-order valence-electron chi connectivity index (χ1n) is 6.42. The summed E-state index contributed by atoms with van der Waals surface area (Å²) in [6.45, 7) is 2.09. The topological polar surface area (TPSA) is 32.3 Å². The summed E-state index contributed by atoms with van der Waals surface area (Å²) in [6, 6.07) is 6.41. The van der Waals surface area contributed by atoms with Crippen molar-refractivity contribution in [2.45, 2.75) is 38.4 Å². The van der Waals surface area contributed by atoms with E-state index in [9.17, 15) is 9.18 Å². The number of hydrogen-bond donors (Lipinski definition) is 1. The number of unbranched alkanes of at least 4 members (excludes halogenated alkanes) is 1. The fourth-order valence-electron chi connectivity index (χ4n) is 2.36. The van der Waals surface area contributed by atoms with E-state index < -0.39 is 0 Å². The third kappa shape index (κ3) is 2.38. The van der Waals surface area contributed by atoms with Crippen LogP contribution in [-0.4, -0.2) is 23.9 Å². The average molecular weight is 250 g/mol. The molecule has 0 radical (unpaired) electrons. The third-order valence-corrected chi connectivity index (χ3v) is 3.44. The van der Waals surface area contributed by atoms with Crippen molar-refractivity contribution in [2.75, 3.05) is 7.05 Å². The quantitative estimate of drug-likeness (QED) is 0.890. The lowest BCUT2D eigenvalue weighted by Crippen LogP contribution is -2.28. The predicted octanol–water partition coefficient (Wildman–Crippen LogP) is 2.44. The van der Waals surface area contributed by atoms with E-state index in [1.807, 2.05) is 0 Å². The summed E-state index contributed by atoms with van der Waals surface area (Å²) >= 11 is 0. The molecule has 1 aliphatic heterocycles. The Hall–Kier alpha value is -1.42. The van der Waals surface area contributed by atoms with Crippen LogP contribution in [0.15, 0.2) is 24.3 Å². The van der Waals surface area contributed by atoms with E-state index >= 15 is 0 Å². The number of carbonyl (C=O) groups excluding carboxylic acids is 1. The van der Waals surface area contributed by atoms with Crippen LogP contribution in [0.1, 0.15) is 37.9 Å². The summed E-state index contributed by atoms with van der Waals surface area (Å²) in [5, 5.41) is 3.22. The zero-order valence-corrected chi connectivity index (χ0v) is 10.8. The number of likely N-dealkylation sites (N-methyl/N-ethyl adjacent to an activating group) is 1. The van der Waals surface area contributed by atoms with Gasteiger partial charge in [0.1, 0.15) is 12.0 Å². The number of carbonyl (C=O) groups is 1.